The Morgan fingerprint density at radius 1 is 1.50 bits per heavy atom. The molecule has 1 aromatic heterocycles. The molecule has 18 heavy (non-hydrogen) atoms. The average Bonchev–Trinajstić information content (AvgIpc) is 2.63. The number of imidazole rings is 1. The standard InChI is InChI=1S/C13H16N4O/c1-9-15-11-4-3-10(7-12(11)16-9)8-14-13(18)17-5-2-6-17/h3-4,7H,2,5-6,8H2,1H3,(H,14,18)(H,15,16). The van der Waals surface area contributed by atoms with Crippen LogP contribution in [0, 0.1) is 6.92 Å². The van der Waals surface area contributed by atoms with Gasteiger partial charge in [-0.3, -0.25) is 0 Å². The first-order valence-electron chi connectivity index (χ1n) is 6.20. The number of carbonyl (C=O) groups excluding carboxylic acids is 1. The Kier molecular flexibility index (Phi) is 2.66. The number of urea groups is 1. The number of carbonyl (C=O) groups is 1. The summed E-state index contributed by atoms with van der Waals surface area (Å²) < 4.78 is 0. The van der Waals surface area contributed by atoms with Crippen LogP contribution in [0.15, 0.2) is 18.2 Å². The lowest BCUT2D eigenvalue weighted by Crippen LogP contribution is -2.47. The molecule has 0 bridgehead atoms. The Hall–Kier alpha value is -2.04. The molecule has 0 unspecified atom stereocenters. The molecule has 1 aliphatic rings. The first-order valence-corrected chi connectivity index (χ1v) is 6.20. The number of hydrogen-bond acceptors (Lipinski definition) is 2. The summed E-state index contributed by atoms with van der Waals surface area (Å²) in [5.74, 6) is 0.909. The number of aryl methyl sites for hydroxylation is 1. The first-order chi connectivity index (χ1) is 8.72. The van der Waals surface area contributed by atoms with E-state index in [-0.39, 0.29) is 6.03 Å². The van der Waals surface area contributed by atoms with Gasteiger partial charge in [-0.25, -0.2) is 9.78 Å². The van der Waals surface area contributed by atoms with Gasteiger partial charge in [-0.05, 0) is 31.0 Å². The molecule has 2 aromatic rings. The number of hydrogen-bond donors (Lipinski definition) is 2. The number of H-pyrrole nitrogens is 1. The highest BCUT2D eigenvalue weighted by Crippen LogP contribution is 2.13. The molecule has 0 atom stereocenters. The second-order valence-corrected chi connectivity index (χ2v) is 4.67. The maximum absolute atomic E-state index is 11.7. The minimum atomic E-state index is 0.0298. The summed E-state index contributed by atoms with van der Waals surface area (Å²) >= 11 is 0. The van der Waals surface area contributed by atoms with E-state index in [9.17, 15) is 4.79 Å². The third-order valence-corrected chi connectivity index (χ3v) is 3.25. The quantitative estimate of drug-likeness (QED) is 0.846. The number of rotatable bonds is 2. The van der Waals surface area contributed by atoms with E-state index < -0.39 is 0 Å². The summed E-state index contributed by atoms with van der Waals surface area (Å²) in [6.45, 7) is 4.25. The summed E-state index contributed by atoms with van der Waals surface area (Å²) in [6, 6.07) is 6.04. The molecule has 1 fully saturated rings. The molecule has 1 aliphatic heterocycles. The van der Waals surface area contributed by atoms with Crippen molar-refractivity contribution in [2.75, 3.05) is 13.1 Å². The second-order valence-electron chi connectivity index (χ2n) is 4.67. The van der Waals surface area contributed by atoms with Gasteiger partial charge in [-0.1, -0.05) is 6.07 Å². The summed E-state index contributed by atoms with van der Waals surface area (Å²) in [4.78, 5) is 21.0. The molecule has 0 radical (unpaired) electrons. The van der Waals surface area contributed by atoms with Crippen LogP contribution in [0.5, 0.6) is 0 Å². The molecule has 94 valence electrons. The van der Waals surface area contributed by atoms with Gasteiger partial charge in [0.15, 0.2) is 0 Å². The smallest absolute Gasteiger partial charge is 0.317 e. The Balaban J connectivity index is 1.68. The molecule has 5 heteroatoms. The molecule has 0 aliphatic carbocycles. The molecule has 1 aromatic carbocycles. The zero-order valence-corrected chi connectivity index (χ0v) is 10.4. The number of aromatic nitrogens is 2. The van der Waals surface area contributed by atoms with Crippen molar-refractivity contribution in [3.05, 3.63) is 29.6 Å². The van der Waals surface area contributed by atoms with Crippen molar-refractivity contribution < 1.29 is 4.79 Å². The van der Waals surface area contributed by atoms with Gasteiger partial charge in [-0.15, -0.1) is 0 Å². The van der Waals surface area contributed by atoms with Crippen LogP contribution in [0.25, 0.3) is 11.0 Å². The van der Waals surface area contributed by atoms with E-state index in [1.54, 1.807) is 0 Å². The van der Waals surface area contributed by atoms with Crippen LogP contribution in [0.3, 0.4) is 0 Å². The summed E-state index contributed by atoms with van der Waals surface area (Å²) in [5, 5.41) is 2.93. The van der Waals surface area contributed by atoms with Gasteiger partial charge >= 0.3 is 6.03 Å². The molecule has 3 rings (SSSR count). The van der Waals surface area contributed by atoms with Gasteiger partial charge in [0.1, 0.15) is 5.82 Å². The molecular weight excluding hydrogens is 228 g/mol. The highest BCUT2D eigenvalue weighted by molar-refractivity contribution is 5.77. The predicted octanol–water partition coefficient (Wildman–Crippen LogP) is 1.79. The fraction of sp³-hybridized carbons (Fsp3) is 0.385. The fourth-order valence-corrected chi connectivity index (χ4v) is 2.10. The zero-order valence-electron chi connectivity index (χ0n) is 10.4. The van der Waals surface area contributed by atoms with Crippen molar-refractivity contribution >= 4 is 17.1 Å². The Bertz CT molecular complexity index is 586. The molecule has 5 nitrogen and oxygen atoms in total. The predicted molar refractivity (Wildman–Crippen MR) is 69.3 cm³/mol. The maximum Gasteiger partial charge on any atom is 0.317 e. The number of benzene rings is 1. The third-order valence-electron chi connectivity index (χ3n) is 3.25. The molecule has 1 saturated heterocycles. The van der Waals surface area contributed by atoms with E-state index in [2.05, 4.69) is 15.3 Å². The average molecular weight is 244 g/mol. The van der Waals surface area contributed by atoms with Crippen molar-refractivity contribution in [2.24, 2.45) is 0 Å². The summed E-state index contributed by atoms with van der Waals surface area (Å²) in [7, 11) is 0. The Labute approximate surface area is 105 Å². The lowest BCUT2D eigenvalue weighted by Gasteiger charge is -2.30. The monoisotopic (exact) mass is 244 g/mol. The van der Waals surface area contributed by atoms with E-state index in [0.29, 0.717) is 6.54 Å². The minimum Gasteiger partial charge on any atom is -0.342 e. The fourth-order valence-electron chi connectivity index (χ4n) is 2.10. The van der Waals surface area contributed by atoms with Crippen molar-refractivity contribution in [3.8, 4) is 0 Å². The van der Waals surface area contributed by atoms with Crippen molar-refractivity contribution in [1.82, 2.24) is 20.2 Å². The topological polar surface area (TPSA) is 61.0 Å². The van der Waals surface area contributed by atoms with E-state index >= 15 is 0 Å². The van der Waals surface area contributed by atoms with Crippen LogP contribution < -0.4 is 5.32 Å². The highest BCUT2D eigenvalue weighted by Gasteiger charge is 2.19. The Morgan fingerprint density at radius 2 is 2.33 bits per heavy atom. The van der Waals surface area contributed by atoms with Crippen LogP contribution in [-0.4, -0.2) is 34.0 Å². The van der Waals surface area contributed by atoms with Crippen LogP contribution in [-0.2, 0) is 6.54 Å². The molecular formula is C13H16N4O. The third kappa shape index (κ3) is 2.03. The minimum absolute atomic E-state index is 0.0298. The van der Waals surface area contributed by atoms with Crippen LogP contribution in [0.1, 0.15) is 17.8 Å². The van der Waals surface area contributed by atoms with E-state index in [0.717, 1.165) is 41.9 Å². The lowest BCUT2D eigenvalue weighted by atomic mass is 10.2. The molecule has 0 spiro atoms. The summed E-state index contributed by atoms with van der Waals surface area (Å²) in [6.07, 6.45) is 1.12. The number of aromatic amines is 1. The van der Waals surface area contributed by atoms with Gasteiger partial charge in [0, 0.05) is 19.6 Å². The molecule has 2 heterocycles. The number of nitrogens with one attached hydrogen (secondary N) is 2. The number of nitrogens with zero attached hydrogens (tertiary/aromatic N) is 2. The van der Waals surface area contributed by atoms with Gasteiger partial charge in [-0.2, -0.15) is 0 Å². The normalized spacial score (nSPS) is 14.6. The van der Waals surface area contributed by atoms with E-state index in [1.807, 2.05) is 30.0 Å². The van der Waals surface area contributed by atoms with Crippen molar-refractivity contribution in [2.45, 2.75) is 19.9 Å². The SMILES string of the molecule is Cc1nc2ccc(CNC(=O)N3CCC3)cc2[nH]1. The summed E-state index contributed by atoms with van der Waals surface area (Å²) in [5.41, 5.74) is 3.06. The van der Waals surface area contributed by atoms with E-state index in [4.69, 9.17) is 0 Å². The maximum atomic E-state index is 11.7. The van der Waals surface area contributed by atoms with Crippen molar-refractivity contribution in [1.29, 1.82) is 0 Å². The largest absolute Gasteiger partial charge is 0.342 e. The van der Waals surface area contributed by atoms with Crippen LogP contribution >= 0.6 is 0 Å². The molecule has 2 N–H and O–H groups in total. The van der Waals surface area contributed by atoms with Gasteiger partial charge < -0.3 is 15.2 Å². The second kappa shape index (κ2) is 4.33. The van der Waals surface area contributed by atoms with Crippen LogP contribution in [0.2, 0.25) is 0 Å². The van der Waals surface area contributed by atoms with Gasteiger partial charge in [0.2, 0.25) is 0 Å². The van der Waals surface area contributed by atoms with Gasteiger partial charge in [0.25, 0.3) is 0 Å². The first kappa shape index (κ1) is 11.1. The van der Waals surface area contributed by atoms with Crippen molar-refractivity contribution in [3.63, 3.8) is 0 Å². The van der Waals surface area contributed by atoms with Crippen LogP contribution in [0.4, 0.5) is 4.79 Å². The number of amides is 2. The lowest BCUT2D eigenvalue weighted by molar-refractivity contribution is 0.167. The zero-order chi connectivity index (χ0) is 12.5. The number of likely N-dealkylation sites (tertiary alicyclic amines) is 1. The Morgan fingerprint density at radius 3 is 3.06 bits per heavy atom. The molecule has 0 saturated carbocycles. The highest BCUT2D eigenvalue weighted by atomic mass is 16.2. The van der Waals surface area contributed by atoms with Gasteiger partial charge in [0.05, 0.1) is 11.0 Å². The molecule has 2 amide bonds. The van der Waals surface area contributed by atoms with E-state index in [1.165, 1.54) is 0 Å². The number of fused-ring (bicyclic) bond motifs is 1.